The van der Waals surface area contributed by atoms with Crippen molar-refractivity contribution in [3.63, 3.8) is 0 Å². The van der Waals surface area contributed by atoms with Crippen molar-refractivity contribution in [2.75, 3.05) is 25.1 Å². The van der Waals surface area contributed by atoms with E-state index in [0.29, 0.717) is 12.6 Å². The number of hydrogen-bond acceptors (Lipinski definition) is 4. The van der Waals surface area contributed by atoms with Crippen LogP contribution in [0.5, 0.6) is 5.88 Å². The first-order valence-corrected chi connectivity index (χ1v) is 7.41. The van der Waals surface area contributed by atoms with Gasteiger partial charge in [-0.15, -0.1) is 0 Å². The summed E-state index contributed by atoms with van der Waals surface area (Å²) in [5.74, 6) is 1.86. The van der Waals surface area contributed by atoms with Gasteiger partial charge in [0.1, 0.15) is 12.4 Å². The number of anilines is 1. The van der Waals surface area contributed by atoms with Gasteiger partial charge in [-0.05, 0) is 25.0 Å². The molecule has 19 heavy (non-hydrogen) atoms. The summed E-state index contributed by atoms with van der Waals surface area (Å²) in [6.07, 6.45) is 6.66. The summed E-state index contributed by atoms with van der Waals surface area (Å²) >= 11 is 0. The van der Waals surface area contributed by atoms with Gasteiger partial charge in [-0.1, -0.05) is 19.3 Å². The number of ether oxygens (including phenoxy) is 1. The van der Waals surface area contributed by atoms with E-state index in [4.69, 9.17) is 9.72 Å². The van der Waals surface area contributed by atoms with E-state index in [1.165, 1.54) is 37.7 Å². The van der Waals surface area contributed by atoms with Gasteiger partial charge >= 0.3 is 0 Å². The third-order valence-corrected chi connectivity index (χ3v) is 4.24. The average molecular weight is 261 g/mol. The van der Waals surface area contributed by atoms with Crippen LogP contribution in [0.1, 0.15) is 37.7 Å². The maximum Gasteiger partial charge on any atom is 0.219 e. The maximum atomic E-state index is 5.73. The minimum absolute atomic E-state index is 0.642. The van der Waals surface area contributed by atoms with Gasteiger partial charge in [0.2, 0.25) is 5.88 Å². The Hall–Kier alpha value is -1.29. The molecule has 0 aromatic carbocycles. The Morgan fingerprint density at radius 1 is 1.26 bits per heavy atom. The van der Waals surface area contributed by atoms with E-state index in [9.17, 15) is 0 Å². The van der Waals surface area contributed by atoms with E-state index < -0.39 is 0 Å². The Morgan fingerprint density at radius 3 is 2.95 bits per heavy atom. The molecule has 1 aromatic heterocycles. The van der Waals surface area contributed by atoms with E-state index in [1.54, 1.807) is 0 Å². The molecular formula is C15H23N3O. The molecule has 2 heterocycles. The smallest absolute Gasteiger partial charge is 0.219 e. The molecule has 0 atom stereocenters. The predicted molar refractivity (Wildman–Crippen MR) is 76.7 cm³/mol. The number of hydrogen-bond donors (Lipinski definition) is 1. The number of nitrogens with one attached hydrogen (secondary N) is 1. The number of pyridine rings is 1. The average Bonchev–Trinajstić information content (AvgIpc) is 2.72. The molecule has 1 saturated carbocycles. The Morgan fingerprint density at radius 2 is 2.11 bits per heavy atom. The highest BCUT2D eigenvalue weighted by Crippen LogP contribution is 2.27. The second-order valence-electron chi connectivity index (χ2n) is 5.56. The summed E-state index contributed by atoms with van der Waals surface area (Å²) in [5.41, 5.74) is 1.17. The van der Waals surface area contributed by atoms with E-state index >= 15 is 0 Å². The van der Waals surface area contributed by atoms with Gasteiger partial charge in [0.15, 0.2) is 0 Å². The minimum atomic E-state index is 0.642. The standard InChI is InChI=1S/C15H23N3O/c1-18(13-5-3-2-4-6-13)14-8-7-12-11-16-9-10-19-15(12)17-14/h7-8,13,16H,2-6,9-11H2,1H3. The zero-order valence-corrected chi connectivity index (χ0v) is 11.7. The summed E-state index contributed by atoms with van der Waals surface area (Å²) in [4.78, 5) is 7.05. The van der Waals surface area contributed by atoms with Crippen molar-refractivity contribution in [1.29, 1.82) is 0 Å². The number of aromatic nitrogens is 1. The largest absolute Gasteiger partial charge is 0.476 e. The number of nitrogens with zero attached hydrogens (tertiary/aromatic N) is 2. The molecule has 2 aliphatic rings. The van der Waals surface area contributed by atoms with Crippen LogP contribution < -0.4 is 15.0 Å². The molecule has 1 fully saturated rings. The Bertz CT molecular complexity index is 429. The van der Waals surface area contributed by atoms with E-state index in [1.807, 2.05) is 0 Å². The topological polar surface area (TPSA) is 37.4 Å². The third-order valence-electron chi connectivity index (χ3n) is 4.24. The van der Waals surface area contributed by atoms with Crippen molar-refractivity contribution in [3.8, 4) is 5.88 Å². The van der Waals surface area contributed by atoms with Crippen LogP contribution in [0, 0.1) is 0 Å². The lowest BCUT2D eigenvalue weighted by Crippen LogP contribution is -2.33. The maximum absolute atomic E-state index is 5.73. The minimum Gasteiger partial charge on any atom is -0.476 e. The zero-order chi connectivity index (χ0) is 13.1. The molecule has 0 spiro atoms. The van der Waals surface area contributed by atoms with Gasteiger partial charge in [0.05, 0.1) is 0 Å². The molecule has 0 bridgehead atoms. The van der Waals surface area contributed by atoms with Crippen LogP contribution in [-0.4, -0.2) is 31.2 Å². The van der Waals surface area contributed by atoms with Crippen LogP contribution in [0.2, 0.25) is 0 Å². The van der Waals surface area contributed by atoms with Crippen molar-refractivity contribution < 1.29 is 4.74 Å². The van der Waals surface area contributed by atoms with Crippen LogP contribution in [-0.2, 0) is 6.54 Å². The van der Waals surface area contributed by atoms with Crippen LogP contribution in [0.15, 0.2) is 12.1 Å². The lowest BCUT2D eigenvalue weighted by Gasteiger charge is -2.32. The zero-order valence-electron chi connectivity index (χ0n) is 11.7. The van der Waals surface area contributed by atoms with Crippen LogP contribution in [0.4, 0.5) is 5.82 Å². The Balaban J connectivity index is 1.78. The molecule has 1 aliphatic heterocycles. The fraction of sp³-hybridized carbons (Fsp3) is 0.667. The summed E-state index contributed by atoms with van der Waals surface area (Å²) in [6.45, 7) is 2.45. The molecule has 0 unspecified atom stereocenters. The van der Waals surface area contributed by atoms with Gasteiger partial charge in [0, 0.05) is 31.7 Å². The highest BCUT2D eigenvalue weighted by atomic mass is 16.5. The molecule has 0 amide bonds. The molecule has 1 aliphatic carbocycles. The molecule has 0 saturated heterocycles. The quantitative estimate of drug-likeness (QED) is 0.886. The Labute approximate surface area is 115 Å². The lowest BCUT2D eigenvalue weighted by atomic mass is 9.94. The molecular weight excluding hydrogens is 238 g/mol. The van der Waals surface area contributed by atoms with Crippen molar-refractivity contribution in [2.24, 2.45) is 0 Å². The van der Waals surface area contributed by atoms with Crippen molar-refractivity contribution >= 4 is 5.82 Å². The molecule has 4 heteroatoms. The second-order valence-corrected chi connectivity index (χ2v) is 5.56. The summed E-state index contributed by atoms with van der Waals surface area (Å²) in [7, 11) is 2.17. The fourth-order valence-corrected chi connectivity index (χ4v) is 3.01. The van der Waals surface area contributed by atoms with Crippen LogP contribution in [0.25, 0.3) is 0 Å². The summed E-state index contributed by atoms with van der Waals surface area (Å²) < 4.78 is 5.73. The molecule has 1 N–H and O–H groups in total. The van der Waals surface area contributed by atoms with Crippen molar-refractivity contribution in [3.05, 3.63) is 17.7 Å². The van der Waals surface area contributed by atoms with Gasteiger partial charge in [-0.3, -0.25) is 0 Å². The lowest BCUT2D eigenvalue weighted by molar-refractivity contribution is 0.313. The number of fused-ring (bicyclic) bond motifs is 1. The SMILES string of the molecule is CN(c1ccc2c(n1)OCCNC2)C1CCCCC1. The molecule has 104 valence electrons. The van der Waals surface area contributed by atoms with Gasteiger partial charge < -0.3 is 15.0 Å². The first-order valence-electron chi connectivity index (χ1n) is 7.41. The molecule has 3 rings (SSSR count). The van der Waals surface area contributed by atoms with Crippen molar-refractivity contribution in [2.45, 2.75) is 44.7 Å². The summed E-state index contributed by atoms with van der Waals surface area (Å²) in [5, 5.41) is 3.34. The summed E-state index contributed by atoms with van der Waals surface area (Å²) in [6, 6.07) is 4.92. The second kappa shape index (κ2) is 5.78. The van der Waals surface area contributed by atoms with Gasteiger partial charge in [-0.25, -0.2) is 0 Å². The fourth-order valence-electron chi connectivity index (χ4n) is 3.01. The van der Waals surface area contributed by atoms with Gasteiger partial charge in [0.25, 0.3) is 0 Å². The third kappa shape index (κ3) is 2.84. The van der Waals surface area contributed by atoms with E-state index in [-0.39, 0.29) is 0 Å². The van der Waals surface area contributed by atoms with Crippen molar-refractivity contribution in [1.82, 2.24) is 10.3 Å². The van der Waals surface area contributed by atoms with E-state index in [2.05, 4.69) is 29.4 Å². The number of rotatable bonds is 2. The Kier molecular flexibility index (Phi) is 3.87. The normalized spacial score (nSPS) is 20.3. The molecule has 1 aromatic rings. The van der Waals surface area contributed by atoms with Crippen LogP contribution in [0.3, 0.4) is 0 Å². The highest BCUT2D eigenvalue weighted by molar-refractivity contribution is 5.44. The monoisotopic (exact) mass is 261 g/mol. The molecule has 4 nitrogen and oxygen atoms in total. The highest BCUT2D eigenvalue weighted by Gasteiger charge is 2.20. The molecule has 0 radical (unpaired) electrons. The van der Waals surface area contributed by atoms with Gasteiger partial charge in [-0.2, -0.15) is 4.98 Å². The first kappa shape index (κ1) is 12.7. The predicted octanol–water partition coefficient (Wildman–Crippen LogP) is 2.33. The van der Waals surface area contributed by atoms with E-state index in [0.717, 1.165) is 24.8 Å². The van der Waals surface area contributed by atoms with Crippen LogP contribution >= 0.6 is 0 Å². The first-order chi connectivity index (χ1) is 9.34.